The largest absolute Gasteiger partial charge is 0.497 e. The van der Waals surface area contributed by atoms with Crippen molar-refractivity contribution in [1.82, 2.24) is 30.0 Å². The van der Waals surface area contributed by atoms with Crippen molar-refractivity contribution in [2.45, 2.75) is 33.2 Å². The fraction of sp³-hybridized carbons (Fsp3) is 0.261. The Labute approximate surface area is 186 Å². The van der Waals surface area contributed by atoms with Gasteiger partial charge in [-0.25, -0.2) is 4.68 Å². The molecule has 4 rings (SSSR count). The number of nitrogens with zero attached hydrogens (tertiary/aromatic N) is 6. The summed E-state index contributed by atoms with van der Waals surface area (Å²) in [6.45, 7) is 4.58. The van der Waals surface area contributed by atoms with E-state index in [4.69, 9.17) is 4.74 Å². The van der Waals surface area contributed by atoms with Gasteiger partial charge in [-0.2, -0.15) is 9.78 Å². The molecule has 0 aliphatic heterocycles. The summed E-state index contributed by atoms with van der Waals surface area (Å²) >= 11 is 0. The average molecular weight is 432 g/mol. The third kappa shape index (κ3) is 4.66. The molecule has 32 heavy (non-hydrogen) atoms. The van der Waals surface area contributed by atoms with E-state index in [9.17, 15) is 4.79 Å². The molecule has 0 aliphatic carbocycles. The molecule has 2 aromatic heterocycles. The molecule has 0 radical (unpaired) electrons. The number of hydrogen-bond donors (Lipinski definition) is 1. The van der Waals surface area contributed by atoms with Gasteiger partial charge >= 0.3 is 0 Å². The molecule has 0 bridgehead atoms. The quantitative estimate of drug-likeness (QED) is 0.460. The molecule has 0 atom stereocenters. The smallest absolute Gasteiger partial charge is 0.225 e. The van der Waals surface area contributed by atoms with E-state index in [2.05, 4.69) is 25.9 Å². The molecule has 4 aromatic rings. The van der Waals surface area contributed by atoms with Gasteiger partial charge in [0.2, 0.25) is 5.91 Å². The number of aromatic nitrogens is 6. The van der Waals surface area contributed by atoms with Gasteiger partial charge in [0.15, 0.2) is 5.82 Å². The number of carbonyl (C=O) groups is 1. The monoisotopic (exact) mass is 431 g/mol. The molecule has 0 aliphatic rings. The molecule has 0 saturated heterocycles. The summed E-state index contributed by atoms with van der Waals surface area (Å²) in [5.41, 5.74) is 4.15. The van der Waals surface area contributed by atoms with Crippen LogP contribution in [0.2, 0.25) is 0 Å². The maximum Gasteiger partial charge on any atom is 0.225 e. The second kappa shape index (κ2) is 9.42. The van der Waals surface area contributed by atoms with Crippen molar-refractivity contribution in [2.24, 2.45) is 0 Å². The first-order valence-corrected chi connectivity index (χ1v) is 10.3. The Morgan fingerprint density at radius 3 is 2.53 bits per heavy atom. The van der Waals surface area contributed by atoms with E-state index in [0.717, 1.165) is 28.1 Å². The Morgan fingerprint density at radius 1 is 1.06 bits per heavy atom. The minimum atomic E-state index is -0.127. The zero-order valence-corrected chi connectivity index (χ0v) is 18.3. The standard InChI is InChI=1S/C23H25N7O2/c1-16-5-4-6-17(2)23(16)30-21(26-27-28-30)11-12-22(31)25-20-13-14-24-29(20)15-18-7-9-19(32-3)10-8-18/h4-10,13-14H,11-12,15H2,1-3H3,(H,25,31). The average Bonchev–Trinajstić information content (AvgIpc) is 3.42. The first kappa shape index (κ1) is 21.2. The number of aryl methyl sites for hydroxylation is 3. The molecule has 9 nitrogen and oxygen atoms in total. The predicted molar refractivity (Wildman–Crippen MR) is 120 cm³/mol. The van der Waals surface area contributed by atoms with Crippen LogP contribution >= 0.6 is 0 Å². The van der Waals surface area contributed by atoms with Gasteiger partial charge in [0.05, 0.1) is 25.5 Å². The van der Waals surface area contributed by atoms with E-state index < -0.39 is 0 Å². The van der Waals surface area contributed by atoms with E-state index >= 15 is 0 Å². The summed E-state index contributed by atoms with van der Waals surface area (Å²) in [5, 5.41) is 19.3. The van der Waals surface area contributed by atoms with Crippen molar-refractivity contribution in [3.63, 3.8) is 0 Å². The first-order chi connectivity index (χ1) is 15.5. The number of ether oxygens (including phenoxy) is 1. The van der Waals surface area contributed by atoms with Crippen LogP contribution in [0.3, 0.4) is 0 Å². The van der Waals surface area contributed by atoms with Crippen LogP contribution in [-0.2, 0) is 17.8 Å². The van der Waals surface area contributed by atoms with Crippen LogP contribution in [0.15, 0.2) is 54.7 Å². The van der Waals surface area contributed by atoms with Crippen molar-refractivity contribution in [3.8, 4) is 11.4 Å². The number of anilines is 1. The highest BCUT2D eigenvalue weighted by Gasteiger charge is 2.15. The Morgan fingerprint density at radius 2 is 1.81 bits per heavy atom. The van der Waals surface area contributed by atoms with Crippen LogP contribution < -0.4 is 10.1 Å². The fourth-order valence-electron chi connectivity index (χ4n) is 3.57. The molecule has 2 aromatic carbocycles. The number of amides is 1. The minimum absolute atomic E-state index is 0.127. The second-order valence-electron chi connectivity index (χ2n) is 7.52. The van der Waals surface area contributed by atoms with Gasteiger partial charge in [-0.05, 0) is 53.1 Å². The molecule has 2 heterocycles. The maximum atomic E-state index is 12.6. The van der Waals surface area contributed by atoms with Crippen LogP contribution in [0, 0.1) is 13.8 Å². The molecule has 0 spiro atoms. The zero-order chi connectivity index (χ0) is 22.5. The zero-order valence-electron chi connectivity index (χ0n) is 18.3. The Hall–Kier alpha value is -4.01. The van der Waals surface area contributed by atoms with Crippen molar-refractivity contribution in [2.75, 3.05) is 12.4 Å². The molecule has 0 fully saturated rings. The first-order valence-electron chi connectivity index (χ1n) is 10.3. The topological polar surface area (TPSA) is 99.8 Å². The molecule has 0 unspecified atom stereocenters. The van der Waals surface area contributed by atoms with Crippen molar-refractivity contribution >= 4 is 11.7 Å². The molecule has 1 N–H and O–H groups in total. The van der Waals surface area contributed by atoms with Crippen molar-refractivity contribution in [3.05, 3.63) is 77.2 Å². The number of methoxy groups -OCH3 is 1. The molecule has 1 amide bonds. The summed E-state index contributed by atoms with van der Waals surface area (Å²) in [4.78, 5) is 12.6. The third-order valence-corrected chi connectivity index (χ3v) is 5.24. The number of hydrogen-bond acceptors (Lipinski definition) is 6. The Bertz CT molecular complexity index is 1190. The summed E-state index contributed by atoms with van der Waals surface area (Å²) in [6, 6.07) is 15.6. The number of rotatable bonds is 8. The van der Waals surface area contributed by atoms with Gasteiger partial charge in [-0.15, -0.1) is 5.10 Å². The van der Waals surface area contributed by atoms with E-state index in [1.54, 1.807) is 28.7 Å². The van der Waals surface area contributed by atoms with Crippen LogP contribution in [0.4, 0.5) is 5.82 Å². The highest BCUT2D eigenvalue weighted by Crippen LogP contribution is 2.19. The lowest BCUT2D eigenvalue weighted by Gasteiger charge is -2.11. The molecular formula is C23H25N7O2. The fourth-order valence-corrected chi connectivity index (χ4v) is 3.57. The molecule has 9 heteroatoms. The van der Waals surface area contributed by atoms with E-state index in [1.165, 1.54) is 0 Å². The molecular weight excluding hydrogens is 406 g/mol. The number of nitrogens with one attached hydrogen (secondary N) is 1. The predicted octanol–water partition coefficient (Wildman–Crippen LogP) is 3.10. The van der Waals surface area contributed by atoms with Crippen molar-refractivity contribution < 1.29 is 9.53 Å². The number of benzene rings is 2. The van der Waals surface area contributed by atoms with E-state index in [1.807, 2.05) is 56.3 Å². The van der Waals surface area contributed by atoms with Crippen LogP contribution in [-0.4, -0.2) is 43.0 Å². The normalized spacial score (nSPS) is 10.8. The highest BCUT2D eigenvalue weighted by atomic mass is 16.5. The number of tetrazole rings is 1. The van der Waals surface area contributed by atoms with Gasteiger partial charge in [0.1, 0.15) is 11.6 Å². The van der Waals surface area contributed by atoms with Crippen LogP contribution in [0.25, 0.3) is 5.69 Å². The Kier molecular flexibility index (Phi) is 6.25. The van der Waals surface area contributed by atoms with Crippen molar-refractivity contribution in [1.29, 1.82) is 0 Å². The molecule has 0 saturated carbocycles. The van der Waals surface area contributed by atoms with Gasteiger partial charge in [-0.1, -0.05) is 30.3 Å². The lowest BCUT2D eigenvalue weighted by atomic mass is 10.1. The van der Waals surface area contributed by atoms with Crippen LogP contribution in [0.1, 0.15) is 28.9 Å². The van der Waals surface area contributed by atoms with Crippen LogP contribution in [0.5, 0.6) is 5.75 Å². The lowest BCUT2D eigenvalue weighted by Crippen LogP contribution is -2.17. The number of para-hydroxylation sites is 1. The highest BCUT2D eigenvalue weighted by molar-refractivity contribution is 5.89. The van der Waals surface area contributed by atoms with Gasteiger partial charge in [0, 0.05) is 18.9 Å². The van der Waals surface area contributed by atoms with Gasteiger partial charge in [-0.3, -0.25) is 4.79 Å². The lowest BCUT2D eigenvalue weighted by molar-refractivity contribution is -0.116. The summed E-state index contributed by atoms with van der Waals surface area (Å²) in [6.07, 6.45) is 2.33. The number of carbonyl (C=O) groups excluding carboxylic acids is 1. The molecule has 164 valence electrons. The van der Waals surface area contributed by atoms with E-state index in [-0.39, 0.29) is 12.3 Å². The minimum Gasteiger partial charge on any atom is -0.497 e. The second-order valence-corrected chi connectivity index (χ2v) is 7.52. The summed E-state index contributed by atoms with van der Waals surface area (Å²) in [7, 11) is 1.64. The van der Waals surface area contributed by atoms with Gasteiger partial charge in [0.25, 0.3) is 0 Å². The Balaban J connectivity index is 1.40. The van der Waals surface area contributed by atoms with Gasteiger partial charge < -0.3 is 10.1 Å². The maximum absolute atomic E-state index is 12.6. The summed E-state index contributed by atoms with van der Waals surface area (Å²) < 4.78 is 8.66. The third-order valence-electron chi connectivity index (χ3n) is 5.24. The SMILES string of the molecule is COc1ccc(Cn2nccc2NC(=O)CCc2nnnn2-c2c(C)cccc2C)cc1. The van der Waals surface area contributed by atoms with E-state index in [0.29, 0.717) is 24.6 Å². The summed E-state index contributed by atoms with van der Waals surface area (Å²) in [5.74, 6) is 1.95.